The number of benzene rings is 2. The third kappa shape index (κ3) is 3.02. The van der Waals surface area contributed by atoms with Gasteiger partial charge in [-0.25, -0.2) is 0 Å². The Labute approximate surface area is 129 Å². The van der Waals surface area contributed by atoms with E-state index in [9.17, 15) is 4.79 Å². The van der Waals surface area contributed by atoms with Gasteiger partial charge in [0.25, 0.3) is 5.91 Å². The van der Waals surface area contributed by atoms with Crippen molar-refractivity contribution in [2.45, 2.75) is 13.1 Å². The fraction of sp³-hybridized carbons (Fsp3) is 0.167. The van der Waals surface area contributed by atoms with Crippen LogP contribution in [0.5, 0.6) is 0 Å². The number of rotatable bonds is 5. The first-order chi connectivity index (χ1) is 10.8. The summed E-state index contributed by atoms with van der Waals surface area (Å²) in [7, 11) is 1.64. The number of carbonyl (C=O) groups excluding carboxylic acids is 1. The highest BCUT2D eigenvalue weighted by molar-refractivity contribution is 5.94. The van der Waals surface area contributed by atoms with E-state index in [1.165, 1.54) is 16.5 Å². The maximum atomic E-state index is 11.6. The maximum Gasteiger partial charge on any atom is 0.251 e. The predicted octanol–water partition coefficient (Wildman–Crippen LogP) is 2.82. The summed E-state index contributed by atoms with van der Waals surface area (Å²) in [4.78, 5) is 14.9. The summed E-state index contributed by atoms with van der Waals surface area (Å²) >= 11 is 0. The summed E-state index contributed by atoms with van der Waals surface area (Å²) in [5.41, 5.74) is 4.20. The zero-order chi connectivity index (χ0) is 15.4. The fourth-order valence-electron chi connectivity index (χ4n) is 2.61. The van der Waals surface area contributed by atoms with Gasteiger partial charge in [-0.1, -0.05) is 30.3 Å². The molecule has 3 N–H and O–H groups in total. The Balaban J connectivity index is 1.66. The van der Waals surface area contributed by atoms with Crippen LogP contribution in [0.15, 0.2) is 54.7 Å². The minimum atomic E-state index is -0.0574. The molecule has 0 radical (unpaired) electrons. The summed E-state index contributed by atoms with van der Waals surface area (Å²) in [6.45, 7) is 1.50. The molecule has 0 saturated heterocycles. The second-order valence-electron chi connectivity index (χ2n) is 5.24. The molecule has 4 nitrogen and oxygen atoms in total. The Kier molecular flexibility index (Phi) is 4.21. The van der Waals surface area contributed by atoms with Crippen molar-refractivity contribution in [3.63, 3.8) is 0 Å². The summed E-state index contributed by atoms with van der Waals surface area (Å²) in [5, 5.41) is 7.30. The van der Waals surface area contributed by atoms with Gasteiger partial charge < -0.3 is 15.6 Å². The van der Waals surface area contributed by atoms with E-state index >= 15 is 0 Å². The molecular weight excluding hydrogens is 274 g/mol. The lowest BCUT2D eigenvalue weighted by Gasteiger charge is -2.08. The second kappa shape index (κ2) is 6.45. The van der Waals surface area contributed by atoms with Gasteiger partial charge in [0.15, 0.2) is 0 Å². The quantitative estimate of drug-likeness (QED) is 0.677. The van der Waals surface area contributed by atoms with Crippen molar-refractivity contribution in [2.24, 2.45) is 0 Å². The number of hydrogen-bond donors (Lipinski definition) is 3. The first-order valence-corrected chi connectivity index (χ1v) is 7.34. The second-order valence-corrected chi connectivity index (χ2v) is 5.24. The number of amides is 1. The molecule has 0 atom stereocenters. The number of carbonyl (C=O) groups is 1. The van der Waals surface area contributed by atoms with Gasteiger partial charge in [-0.3, -0.25) is 4.79 Å². The number of fused-ring (bicyclic) bond motifs is 1. The monoisotopic (exact) mass is 293 g/mol. The van der Waals surface area contributed by atoms with E-state index in [1.54, 1.807) is 7.05 Å². The Hall–Kier alpha value is -2.59. The molecule has 0 fully saturated rings. The third-order valence-corrected chi connectivity index (χ3v) is 3.73. The average Bonchev–Trinajstić information content (AvgIpc) is 3.04. The topological polar surface area (TPSA) is 56.9 Å². The Morgan fingerprint density at radius 3 is 2.82 bits per heavy atom. The van der Waals surface area contributed by atoms with E-state index in [1.807, 2.05) is 30.5 Å². The number of aromatic nitrogens is 1. The lowest BCUT2D eigenvalue weighted by atomic mass is 10.1. The molecule has 4 heteroatoms. The molecule has 1 aromatic heterocycles. The van der Waals surface area contributed by atoms with Crippen molar-refractivity contribution < 1.29 is 4.79 Å². The number of aromatic amines is 1. The zero-order valence-electron chi connectivity index (χ0n) is 12.5. The van der Waals surface area contributed by atoms with Crippen LogP contribution in [0.4, 0.5) is 0 Å². The average molecular weight is 293 g/mol. The van der Waals surface area contributed by atoms with Crippen molar-refractivity contribution in [3.05, 3.63) is 71.4 Å². The number of hydrogen-bond acceptors (Lipinski definition) is 2. The van der Waals surface area contributed by atoms with Gasteiger partial charge in [0, 0.05) is 37.4 Å². The molecule has 3 aromatic rings. The van der Waals surface area contributed by atoms with Gasteiger partial charge in [-0.05, 0) is 34.7 Å². The minimum Gasteiger partial charge on any atom is -0.361 e. The van der Waals surface area contributed by atoms with Crippen molar-refractivity contribution in [1.82, 2.24) is 15.6 Å². The van der Waals surface area contributed by atoms with Gasteiger partial charge >= 0.3 is 0 Å². The van der Waals surface area contributed by atoms with Crippen LogP contribution in [-0.4, -0.2) is 17.9 Å². The van der Waals surface area contributed by atoms with Crippen LogP contribution in [0, 0.1) is 0 Å². The lowest BCUT2D eigenvalue weighted by Crippen LogP contribution is -2.18. The molecule has 112 valence electrons. The highest BCUT2D eigenvalue weighted by atomic mass is 16.1. The molecule has 2 aromatic carbocycles. The van der Waals surface area contributed by atoms with Crippen LogP contribution in [-0.2, 0) is 13.1 Å². The third-order valence-electron chi connectivity index (χ3n) is 3.73. The molecule has 1 heterocycles. The molecule has 0 aliphatic heterocycles. The van der Waals surface area contributed by atoms with Crippen LogP contribution in [0.25, 0.3) is 10.9 Å². The standard InChI is InChI=1S/C18H19N3O/c1-19-18(22)15-6-2-4-13(10-15)11-20-12-16-7-3-5-14-8-9-21-17(14)16/h2-10,20-21H,11-12H2,1H3,(H,19,22). The summed E-state index contributed by atoms with van der Waals surface area (Å²) in [6, 6.07) is 16.0. The lowest BCUT2D eigenvalue weighted by molar-refractivity contribution is 0.0963. The van der Waals surface area contributed by atoms with Gasteiger partial charge in [0.2, 0.25) is 0 Å². The molecule has 0 spiro atoms. The number of nitrogens with one attached hydrogen (secondary N) is 3. The summed E-state index contributed by atoms with van der Waals surface area (Å²) in [6.07, 6.45) is 1.96. The Morgan fingerprint density at radius 1 is 1.09 bits per heavy atom. The normalized spacial score (nSPS) is 10.8. The highest BCUT2D eigenvalue weighted by Gasteiger charge is 2.04. The molecule has 0 saturated carbocycles. The fourth-order valence-corrected chi connectivity index (χ4v) is 2.61. The van der Waals surface area contributed by atoms with E-state index in [4.69, 9.17) is 0 Å². The SMILES string of the molecule is CNC(=O)c1cccc(CNCc2cccc3cc[nH]c23)c1. The predicted molar refractivity (Wildman–Crippen MR) is 88.7 cm³/mol. The molecule has 1 amide bonds. The Morgan fingerprint density at radius 2 is 1.95 bits per heavy atom. The van der Waals surface area contributed by atoms with Crippen molar-refractivity contribution in [2.75, 3.05) is 7.05 Å². The van der Waals surface area contributed by atoms with Gasteiger partial charge in [0.05, 0.1) is 0 Å². The first-order valence-electron chi connectivity index (χ1n) is 7.34. The van der Waals surface area contributed by atoms with Crippen molar-refractivity contribution in [1.29, 1.82) is 0 Å². The number of para-hydroxylation sites is 1. The van der Waals surface area contributed by atoms with E-state index in [2.05, 4.69) is 39.9 Å². The minimum absolute atomic E-state index is 0.0574. The first kappa shape index (κ1) is 14.4. The van der Waals surface area contributed by atoms with E-state index in [0.29, 0.717) is 5.56 Å². The van der Waals surface area contributed by atoms with Crippen LogP contribution in [0.3, 0.4) is 0 Å². The maximum absolute atomic E-state index is 11.6. The molecule has 3 rings (SSSR count). The highest BCUT2D eigenvalue weighted by Crippen LogP contribution is 2.16. The Bertz CT molecular complexity index is 792. The molecular formula is C18H19N3O. The van der Waals surface area contributed by atoms with E-state index in [-0.39, 0.29) is 5.91 Å². The molecule has 0 aliphatic rings. The summed E-state index contributed by atoms with van der Waals surface area (Å²) in [5.74, 6) is -0.0574. The molecule has 0 unspecified atom stereocenters. The van der Waals surface area contributed by atoms with Crippen LogP contribution in [0.2, 0.25) is 0 Å². The van der Waals surface area contributed by atoms with Gasteiger partial charge in [-0.2, -0.15) is 0 Å². The van der Waals surface area contributed by atoms with E-state index < -0.39 is 0 Å². The number of H-pyrrole nitrogens is 1. The van der Waals surface area contributed by atoms with Crippen LogP contribution >= 0.6 is 0 Å². The van der Waals surface area contributed by atoms with Gasteiger partial charge in [-0.15, -0.1) is 0 Å². The molecule has 22 heavy (non-hydrogen) atoms. The van der Waals surface area contributed by atoms with Crippen LogP contribution in [0.1, 0.15) is 21.5 Å². The molecule has 0 aliphatic carbocycles. The van der Waals surface area contributed by atoms with Gasteiger partial charge in [0.1, 0.15) is 0 Å². The van der Waals surface area contributed by atoms with Crippen molar-refractivity contribution >= 4 is 16.8 Å². The summed E-state index contributed by atoms with van der Waals surface area (Å²) < 4.78 is 0. The zero-order valence-corrected chi connectivity index (χ0v) is 12.5. The van der Waals surface area contributed by atoms with Crippen LogP contribution < -0.4 is 10.6 Å². The van der Waals surface area contributed by atoms with Crippen molar-refractivity contribution in [3.8, 4) is 0 Å². The molecule has 0 bridgehead atoms. The van der Waals surface area contributed by atoms with E-state index in [0.717, 1.165) is 18.7 Å². The smallest absolute Gasteiger partial charge is 0.251 e. The largest absolute Gasteiger partial charge is 0.361 e.